The number of hydrogen-bond acceptors (Lipinski definition) is 5. The fourth-order valence-corrected chi connectivity index (χ4v) is 2.76. The molecule has 0 radical (unpaired) electrons. The lowest BCUT2D eigenvalue weighted by Gasteiger charge is -2.36. The molecular weight excluding hydrogens is 330 g/mol. The minimum atomic E-state index is 0.595. The van der Waals surface area contributed by atoms with Gasteiger partial charge in [-0.15, -0.1) is 0 Å². The van der Waals surface area contributed by atoms with E-state index in [1.54, 1.807) is 12.4 Å². The number of anilines is 2. The van der Waals surface area contributed by atoms with Crippen molar-refractivity contribution in [2.24, 2.45) is 0 Å². The van der Waals surface area contributed by atoms with Crippen LogP contribution in [0.2, 0.25) is 0 Å². The van der Waals surface area contributed by atoms with Gasteiger partial charge in [0, 0.05) is 43.0 Å². The molecule has 0 N–H and O–H groups in total. The maximum atomic E-state index is 8.80. The zero-order valence-corrected chi connectivity index (χ0v) is 13.0. The molecule has 0 spiro atoms. The van der Waals surface area contributed by atoms with Crippen LogP contribution in [0.1, 0.15) is 5.56 Å². The van der Waals surface area contributed by atoms with Crippen LogP contribution in [0.3, 0.4) is 0 Å². The summed E-state index contributed by atoms with van der Waals surface area (Å²) in [4.78, 5) is 13.1. The molecule has 1 saturated heterocycles. The van der Waals surface area contributed by atoms with E-state index < -0.39 is 0 Å². The highest BCUT2D eigenvalue weighted by molar-refractivity contribution is 9.10. The molecule has 1 fully saturated rings. The molecule has 1 aliphatic heterocycles. The third-order valence-corrected chi connectivity index (χ3v) is 3.97. The average molecular weight is 344 g/mol. The molecular formula is C15H14BrN5. The number of piperazine rings is 1. The number of nitrogens with zero attached hydrogens (tertiary/aromatic N) is 5. The molecule has 1 aliphatic rings. The second-order valence-electron chi connectivity index (χ2n) is 4.85. The molecule has 0 aliphatic carbocycles. The van der Waals surface area contributed by atoms with Gasteiger partial charge in [-0.3, -0.25) is 4.98 Å². The molecule has 5 nitrogen and oxygen atoms in total. The van der Waals surface area contributed by atoms with Gasteiger partial charge in [0.05, 0.1) is 17.4 Å². The van der Waals surface area contributed by atoms with Gasteiger partial charge < -0.3 is 9.80 Å². The fraction of sp³-hybridized carbons (Fsp3) is 0.267. The number of pyridine rings is 2. The normalized spacial score (nSPS) is 14.9. The first kappa shape index (κ1) is 13.8. The predicted octanol–water partition coefficient (Wildman–Crippen LogP) is 2.44. The van der Waals surface area contributed by atoms with Crippen molar-refractivity contribution < 1.29 is 0 Å². The summed E-state index contributed by atoms with van der Waals surface area (Å²) in [6.45, 7) is 3.68. The van der Waals surface area contributed by atoms with Crippen molar-refractivity contribution in [2.75, 3.05) is 36.0 Å². The highest BCUT2D eigenvalue weighted by Crippen LogP contribution is 2.21. The maximum Gasteiger partial charge on any atom is 0.128 e. The van der Waals surface area contributed by atoms with E-state index >= 15 is 0 Å². The predicted molar refractivity (Wildman–Crippen MR) is 85.3 cm³/mol. The minimum Gasteiger partial charge on any atom is -0.367 e. The molecule has 2 aromatic rings. The van der Waals surface area contributed by atoms with E-state index in [9.17, 15) is 0 Å². The second-order valence-corrected chi connectivity index (χ2v) is 5.77. The van der Waals surface area contributed by atoms with Crippen molar-refractivity contribution >= 4 is 27.4 Å². The SMILES string of the molecule is N#Cc1ccc(N2CCN(c3cncc(Br)c3)CC2)nc1. The Balaban J connectivity index is 1.66. The van der Waals surface area contributed by atoms with Crippen molar-refractivity contribution in [1.29, 1.82) is 5.26 Å². The maximum absolute atomic E-state index is 8.80. The Labute approximate surface area is 132 Å². The van der Waals surface area contributed by atoms with Crippen LogP contribution in [0.15, 0.2) is 41.3 Å². The Morgan fingerprint density at radius 2 is 1.81 bits per heavy atom. The Kier molecular flexibility index (Phi) is 4.02. The van der Waals surface area contributed by atoms with Crippen LogP contribution < -0.4 is 9.80 Å². The van der Waals surface area contributed by atoms with Crippen LogP contribution in [0, 0.1) is 11.3 Å². The lowest BCUT2D eigenvalue weighted by molar-refractivity contribution is 0.646. The lowest BCUT2D eigenvalue weighted by Crippen LogP contribution is -2.46. The molecule has 106 valence electrons. The molecule has 2 aromatic heterocycles. The van der Waals surface area contributed by atoms with Gasteiger partial charge in [0.1, 0.15) is 11.9 Å². The van der Waals surface area contributed by atoms with E-state index in [1.165, 1.54) is 0 Å². The zero-order valence-electron chi connectivity index (χ0n) is 11.4. The molecule has 3 rings (SSSR count). The Morgan fingerprint density at radius 3 is 2.43 bits per heavy atom. The molecule has 0 bridgehead atoms. The zero-order chi connectivity index (χ0) is 14.7. The van der Waals surface area contributed by atoms with E-state index in [0.717, 1.165) is 42.2 Å². The molecule has 21 heavy (non-hydrogen) atoms. The summed E-state index contributed by atoms with van der Waals surface area (Å²) in [6, 6.07) is 7.90. The fourth-order valence-electron chi connectivity index (χ4n) is 2.41. The van der Waals surface area contributed by atoms with Gasteiger partial charge in [0.25, 0.3) is 0 Å². The summed E-state index contributed by atoms with van der Waals surface area (Å²) in [5.41, 5.74) is 1.73. The standard InChI is InChI=1S/C15H14BrN5/c16-13-7-14(11-18-10-13)20-3-5-21(6-4-20)15-2-1-12(8-17)9-19-15/h1-2,7,9-11H,3-6H2. The minimum absolute atomic E-state index is 0.595. The highest BCUT2D eigenvalue weighted by Gasteiger charge is 2.18. The van der Waals surface area contributed by atoms with Gasteiger partial charge >= 0.3 is 0 Å². The lowest BCUT2D eigenvalue weighted by atomic mass is 10.2. The first-order chi connectivity index (χ1) is 10.3. The van der Waals surface area contributed by atoms with Crippen molar-refractivity contribution in [1.82, 2.24) is 9.97 Å². The molecule has 0 unspecified atom stereocenters. The third kappa shape index (κ3) is 3.14. The number of aromatic nitrogens is 2. The van der Waals surface area contributed by atoms with Crippen LogP contribution in [0.4, 0.5) is 11.5 Å². The van der Waals surface area contributed by atoms with E-state index in [4.69, 9.17) is 5.26 Å². The van der Waals surface area contributed by atoms with Crippen molar-refractivity contribution in [3.05, 3.63) is 46.8 Å². The summed E-state index contributed by atoms with van der Waals surface area (Å²) in [7, 11) is 0. The summed E-state index contributed by atoms with van der Waals surface area (Å²) >= 11 is 3.45. The molecule has 0 aromatic carbocycles. The quantitative estimate of drug-likeness (QED) is 0.838. The van der Waals surface area contributed by atoms with E-state index in [1.807, 2.05) is 18.3 Å². The second kappa shape index (κ2) is 6.10. The number of nitriles is 1. The van der Waals surface area contributed by atoms with Crippen LogP contribution in [-0.4, -0.2) is 36.1 Å². The van der Waals surface area contributed by atoms with Crippen LogP contribution in [0.5, 0.6) is 0 Å². The summed E-state index contributed by atoms with van der Waals surface area (Å²) in [5.74, 6) is 0.931. The summed E-state index contributed by atoms with van der Waals surface area (Å²) in [5, 5.41) is 8.80. The van der Waals surface area contributed by atoms with Gasteiger partial charge in [-0.25, -0.2) is 4.98 Å². The first-order valence-corrected chi connectivity index (χ1v) is 7.52. The van der Waals surface area contributed by atoms with Crippen LogP contribution in [0.25, 0.3) is 0 Å². The number of rotatable bonds is 2. The van der Waals surface area contributed by atoms with Gasteiger partial charge in [-0.1, -0.05) is 0 Å². The van der Waals surface area contributed by atoms with E-state index in [-0.39, 0.29) is 0 Å². The summed E-state index contributed by atoms with van der Waals surface area (Å²) in [6.07, 6.45) is 5.31. The molecule has 0 saturated carbocycles. The van der Waals surface area contributed by atoms with Crippen molar-refractivity contribution in [3.63, 3.8) is 0 Å². The van der Waals surface area contributed by atoms with Gasteiger partial charge in [0.15, 0.2) is 0 Å². The first-order valence-electron chi connectivity index (χ1n) is 6.73. The number of halogens is 1. The van der Waals surface area contributed by atoms with Gasteiger partial charge in [-0.05, 0) is 34.1 Å². The molecule has 0 atom stereocenters. The van der Waals surface area contributed by atoms with Gasteiger partial charge in [0.2, 0.25) is 0 Å². The van der Waals surface area contributed by atoms with Crippen molar-refractivity contribution in [3.8, 4) is 6.07 Å². The third-order valence-electron chi connectivity index (χ3n) is 3.54. The smallest absolute Gasteiger partial charge is 0.128 e. The van der Waals surface area contributed by atoms with E-state index in [2.05, 4.69) is 47.8 Å². The van der Waals surface area contributed by atoms with Crippen LogP contribution in [-0.2, 0) is 0 Å². The number of hydrogen-bond donors (Lipinski definition) is 0. The van der Waals surface area contributed by atoms with E-state index in [0.29, 0.717) is 5.56 Å². The summed E-state index contributed by atoms with van der Waals surface area (Å²) < 4.78 is 0.996. The largest absolute Gasteiger partial charge is 0.367 e. The topological polar surface area (TPSA) is 56.1 Å². The molecule has 6 heteroatoms. The highest BCUT2D eigenvalue weighted by atomic mass is 79.9. The Bertz CT molecular complexity index is 657. The Morgan fingerprint density at radius 1 is 1.05 bits per heavy atom. The van der Waals surface area contributed by atoms with Crippen LogP contribution >= 0.6 is 15.9 Å². The average Bonchev–Trinajstić information content (AvgIpc) is 2.55. The van der Waals surface area contributed by atoms with Crippen molar-refractivity contribution in [2.45, 2.75) is 0 Å². The monoisotopic (exact) mass is 343 g/mol. The van der Waals surface area contributed by atoms with Gasteiger partial charge in [-0.2, -0.15) is 5.26 Å². The molecule has 3 heterocycles. The Hall–Kier alpha value is -2.13. The molecule has 0 amide bonds.